The topological polar surface area (TPSA) is 29.1 Å². The molecule has 102 valence electrons. The van der Waals surface area contributed by atoms with Crippen molar-refractivity contribution in [1.29, 1.82) is 0 Å². The van der Waals surface area contributed by atoms with Gasteiger partial charge in [-0.3, -0.25) is 4.79 Å². The number of carbonyl (C=O) groups excluding carboxylic acids is 1. The Labute approximate surface area is 131 Å². The van der Waals surface area contributed by atoms with Crippen molar-refractivity contribution in [3.05, 3.63) is 68.1 Å². The molecule has 2 nitrogen and oxygen atoms in total. The lowest BCUT2D eigenvalue weighted by Gasteiger charge is -2.06. The summed E-state index contributed by atoms with van der Waals surface area (Å²) in [7, 11) is 0. The number of rotatable bonds is 3. The second kappa shape index (κ2) is 5.68. The van der Waals surface area contributed by atoms with Crippen LogP contribution in [-0.4, -0.2) is 5.78 Å². The van der Waals surface area contributed by atoms with Crippen LogP contribution in [0.1, 0.15) is 27.0 Å². The molecule has 0 unspecified atom stereocenters. The lowest BCUT2D eigenvalue weighted by atomic mass is 9.99. The molecule has 1 heterocycles. The molecule has 0 saturated carbocycles. The summed E-state index contributed by atoms with van der Waals surface area (Å²) in [6.45, 7) is 1.73. The molecule has 2 aromatic rings. The Hall–Kier alpha value is -1.16. The van der Waals surface area contributed by atoms with Gasteiger partial charge in [-0.2, -0.15) is 0 Å². The molecule has 3 rings (SSSR count). The molecular formula is C16H13BrClNO. The van der Waals surface area contributed by atoms with E-state index in [0.717, 1.165) is 28.7 Å². The molecule has 2 aromatic carbocycles. The molecule has 0 radical (unpaired) electrons. The van der Waals surface area contributed by atoms with Crippen LogP contribution in [0.5, 0.6) is 0 Å². The second-order valence-electron chi connectivity index (χ2n) is 4.92. The molecule has 0 fully saturated rings. The Morgan fingerprint density at radius 1 is 1.15 bits per heavy atom. The summed E-state index contributed by atoms with van der Waals surface area (Å²) < 4.78 is 0.919. The van der Waals surface area contributed by atoms with Crippen molar-refractivity contribution in [2.24, 2.45) is 0 Å². The van der Waals surface area contributed by atoms with Gasteiger partial charge in [0.25, 0.3) is 0 Å². The van der Waals surface area contributed by atoms with E-state index < -0.39 is 0 Å². The maximum atomic E-state index is 12.4. The third-order valence-corrected chi connectivity index (χ3v) is 4.37. The zero-order valence-corrected chi connectivity index (χ0v) is 13.1. The maximum absolute atomic E-state index is 12.4. The van der Waals surface area contributed by atoms with Crippen molar-refractivity contribution in [1.82, 2.24) is 5.32 Å². The number of carbonyl (C=O) groups is 1. The zero-order chi connectivity index (χ0) is 14.1. The summed E-state index contributed by atoms with van der Waals surface area (Å²) in [6.07, 6.45) is 0.332. The van der Waals surface area contributed by atoms with Gasteiger partial charge in [0.05, 0.1) is 0 Å². The van der Waals surface area contributed by atoms with Gasteiger partial charge in [0, 0.05) is 34.6 Å². The van der Waals surface area contributed by atoms with Crippen molar-refractivity contribution >= 4 is 33.3 Å². The highest BCUT2D eigenvalue weighted by atomic mass is 79.9. The SMILES string of the molecule is O=C(Cc1ccc(Br)cc1Cl)c1ccc2c(c1)CNC2. The van der Waals surface area contributed by atoms with Gasteiger partial charge in [-0.25, -0.2) is 0 Å². The van der Waals surface area contributed by atoms with E-state index in [0.29, 0.717) is 11.4 Å². The van der Waals surface area contributed by atoms with Crippen molar-refractivity contribution in [3.63, 3.8) is 0 Å². The number of hydrogen-bond acceptors (Lipinski definition) is 2. The van der Waals surface area contributed by atoms with Gasteiger partial charge in [-0.1, -0.05) is 45.7 Å². The van der Waals surface area contributed by atoms with E-state index in [1.54, 1.807) is 0 Å². The highest BCUT2D eigenvalue weighted by Crippen LogP contribution is 2.23. The van der Waals surface area contributed by atoms with Crippen LogP contribution in [0.4, 0.5) is 0 Å². The monoisotopic (exact) mass is 349 g/mol. The van der Waals surface area contributed by atoms with E-state index in [4.69, 9.17) is 11.6 Å². The third-order valence-electron chi connectivity index (χ3n) is 3.53. The Bertz CT molecular complexity index is 684. The molecule has 0 aliphatic carbocycles. The molecule has 20 heavy (non-hydrogen) atoms. The van der Waals surface area contributed by atoms with Gasteiger partial charge >= 0.3 is 0 Å². The average molecular weight is 351 g/mol. The first-order valence-electron chi connectivity index (χ1n) is 6.43. The van der Waals surface area contributed by atoms with Gasteiger partial charge in [0.1, 0.15) is 0 Å². The molecule has 0 saturated heterocycles. The molecule has 0 bridgehead atoms. The van der Waals surface area contributed by atoms with Gasteiger partial charge in [-0.05, 0) is 34.9 Å². The molecule has 0 spiro atoms. The van der Waals surface area contributed by atoms with E-state index in [1.165, 1.54) is 11.1 Å². The fraction of sp³-hybridized carbons (Fsp3) is 0.188. The first kappa shape index (κ1) is 13.8. The number of Topliss-reactive ketones (excluding diaryl/α,β-unsaturated/α-hetero) is 1. The summed E-state index contributed by atoms with van der Waals surface area (Å²) >= 11 is 9.53. The fourth-order valence-electron chi connectivity index (χ4n) is 2.41. The van der Waals surface area contributed by atoms with E-state index in [2.05, 4.69) is 21.2 Å². The first-order valence-corrected chi connectivity index (χ1v) is 7.60. The van der Waals surface area contributed by atoms with Crippen LogP contribution in [0.15, 0.2) is 40.9 Å². The number of halogens is 2. The predicted molar refractivity (Wildman–Crippen MR) is 84.2 cm³/mol. The molecule has 0 atom stereocenters. The van der Waals surface area contributed by atoms with Crippen LogP contribution < -0.4 is 5.32 Å². The molecule has 1 aliphatic heterocycles. The van der Waals surface area contributed by atoms with Crippen LogP contribution in [-0.2, 0) is 19.5 Å². The first-order chi connectivity index (χ1) is 9.63. The summed E-state index contributed by atoms with van der Waals surface area (Å²) in [6, 6.07) is 11.5. The Morgan fingerprint density at radius 3 is 2.75 bits per heavy atom. The summed E-state index contributed by atoms with van der Waals surface area (Å²) in [5.41, 5.74) is 4.12. The molecule has 1 N–H and O–H groups in total. The van der Waals surface area contributed by atoms with Crippen LogP contribution in [0.25, 0.3) is 0 Å². The van der Waals surface area contributed by atoms with E-state index in [1.807, 2.05) is 36.4 Å². The quantitative estimate of drug-likeness (QED) is 0.843. The third kappa shape index (κ3) is 2.80. The lowest BCUT2D eigenvalue weighted by molar-refractivity contribution is 0.0993. The minimum atomic E-state index is 0.101. The summed E-state index contributed by atoms with van der Waals surface area (Å²) in [4.78, 5) is 12.4. The smallest absolute Gasteiger partial charge is 0.167 e. The van der Waals surface area contributed by atoms with E-state index in [9.17, 15) is 4.79 Å². The lowest BCUT2D eigenvalue weighted by Crippen LogP contribution is -2.05. The minimum Gasteiger partial charge on any atom is -0.309 e. The minimum absolute atomic E-state index is 0.101. The van der Waals surface area contributed by atoms with Crippen LogP contribution >= 0.6 is 27.5 Å². The van der Waals surface area contributed by atoms with Crippen molar-refractivity contribution in [3.8, 4) is 0 Å². The largest absolute Gasteiger partial charge is 0.309 e. The fourth-order valence-corrected chi connectivity index (χ4v) is 3.15. The Morgan fingerprint density at radius 2 is 1.95 bits per heavy atom. The number of benzene rings is 2. The molecular weight excluding hydrogens is 338 g/mol. The van der Waals surface area contributed by atoms with Crippen molar-refractivity contribution in [2.75, 3.05) is 0 Å². The highest BCUT2D eigenvalue weighted by Gasteiger charge is 2.14. The van der Waals surface area contributed by atoms with Crippen LogP contribution in [0.2, 0.25) is 5.02 Å². The molecule has 4 heteroatoms. The van der Waals surface area contributed by atoms with Gasteiger partial charge < -0.3 is 5.32 Å². The number of fused-ring (bicyclic) bond motifs is 1. The molecule has 1 aliphatic rings. The predicted octanol–water partition coefficient (Wildman–Crippen LogP) is 4.13. The molecule has 0 aromatic heterocycles. The standard InChI is InChI=1S/C16H13BrClNO/c17-14-4-3-10(15(18)7-14)6-16(20)11-1-2-12-8-19-9-13(12)5-11/h1-5,7,19H,6,8-9H2. The van der Waals surface area contributed by atoms with E-state index >= 15 is 0 Å². The summed E-state index contributed by atoms with van der Waals surface area (Å²) in [5.74, 6) is 0.101. The van der Waals surface area contributed by atoms with Crippen LogP contribution in [0.3, 0.4) is 0 Å². The second-order valence-corrected chi connectivity index (χ2v) is 6.25. The van der Waals surface area contributed by atoms with Gasteiger partial charge in [0.2, 0.25) is 0 Å². The van der Waals surface area contributed by atoms with Gasteiger partial charge in [-0.15, -0.1) is 0 Å². The maximum Gasteiger partial charge on any atom is 0.167 e. The average Bonchev–Trinajstić information content (AvgIpc) is 2.89. The number of nitrogens with one attached hydrogen (secondary N) is 1. The number of hydrogen-bond donors (Lipinski definition) is 1. The highest BCUT2D eigenvalue weighted by molar-refractivity contribution is 9.10. The van der Waals surface area contributed by atoms with E-state index in [-0.39, 0.29) is 5.78 Å². The van der Waals surface area contributed by atoms with Crippen molar-refractivity contribution < 1.29 is 4.79 Å². The number of ketones is 1. The molecule has 0 amide bonds. The Balaban J connectivity index is 1.82. The zero-order valence-electron chi connectivity index (χ0n) is 10.7. The Kier molecular flexibility index (Phi) is 3.92. The normalized spacial score (nSPS) is 13.3. The van der Waals surface area contributed by atoms with Gasteiger partial charge in [0.15, 0.2) is 5.78 Å². The van der Waals surface area contributed by atoms with Crippen molar-refractivity contribution in [2.45, 2.75) is 19.5 Å². The summed E-state index contributed by atoms with van der Waals surface area (Å²) in [5, 5.41) is 3.90. The van der Waals surface area contributed by atoms with Crippen LogP contribution in [0, 0.1) is 0 Å².